The molecule has 0 saturated heterocycles. The Morgan fingerprint density at radius 2 is 1.43 bits per heavy atom. The van der Waals surface area contributed by atoms with E-state index in [2.05, 4.69) is 9.97 Å². The first kappa shape index (κ1) is 18.0. The van der Waals surface area contributed by atoms with Crippen molar-refractivity contribution in [2.45, 2.75) is 0 Å². The van der Waals surface area contributed by atoms with Gasteiger partial charge in [0.05, 0.1) is 12.0 Å². The quantitative estimate of drug-likeness (QED) is 0.850. The van der Waals surface area contributed by atoms with Gasteiger partial charge in [-0.2, -0.15) is 0 Å². The van der Waals surface area contributed by atoms with Gasteiger partial charge in [-0.3, -0.25) is 0 Å². The summed E-state index contributed by atoms with van der Waals surface area (Å²) in [4.78, 5) is 8.37. The first-order chi connectivity index (χ1) is 10.8. The Hall–Kier alpha value is -1.32. The average molecular weight is 345 g/mol. The van der Waals surface area contributed by atoms with E-state index in [1.807, 2.05) is 76.0 Å². The first-order valence-electron chi connectivity index (χ1n) is 6.90. The summed E-state index contributed by atoms with van der Waals surface area (Å²) >= 11 is 0. The van der Waals surface area contributed by atoms with Crippen LogP contribution in [-0.2, 0) is 17.1 Å². The van der Waals surface area contributed by atoms with E-state index in [1.165, 1.54) is 0 Å². The van der Waals surface area contributed by atoms with Crippen molar-refractivity contribution in [1.82, 2.24) is 9.97 Å². The number of hydrogen-bond donors (Lipinski definition) is 1. The summed E-state index contributed by atoms with van der Waals surface area (Å²) in [6.45, 7) is 0. The Morgan fingerprint density at radius 3 is 2.00 bits per heavy atom. The van der Waals surface area contributed by atoms with Gasteiger partial charge in [-0.15, -0.1) is 0 Å². The Balaban J connectivity index is 0.000000276. The molecule has 2 aliphatic carbocycles. The van der Waals surface area contributed by atoms with Gasteiger partial charge in [0.25, 0.3) is 0 Å². The van der Waals surface area contributed by atoms with Crippen LogP contribution >= 0.6 is 0 Å². The zero-order chi connectivity index (χ0) is 15.2. The Kier molecular flexibility index (Phi) is 7.13. The molecule has 2 saturated carbocycles. The number of nitrogen functional groups attached to an aromatic ring is 1. The van der Waals surface area contributed by atoms with E-state index >= 15 is 0 Å². The minimum Gasteiger partial charge on any atom is -0.463 e. The van der Waals surface area contributed by atoms with Crippen LogP contribution in [0.5, 0.6) is 0 Å². The molecular weight excluding hydrogens is 330 g/mol. The molecule has 0 atom stereocenters. The van der Waals surface area contributed by atoms with Crippen molar-refractivity contribution >= 4 is 5.95 Å². The number of nitrogens with two attached hydrogens (primary N) is 1. The van der Waals surface area contributed by atoms with Crippen molar-refractivity contribution in [3.8, 4) is 11.5 Å². The van der Waals surface area contributed by atoms with Gasteiger partial charge in [0.1, 0.15) is 5.69 Å². The molecule has 2 heterocycles. The van der Waals surface area contributed by atoms with Crippen LogP contribution in [-0.4, -0.2) is 9.97 Å². The molecule has 116 valence electrons. The molecule has 2 fully saturated rings. The van der Waals surface area contributed by atoms with Crippen LogP contribution in [0.25, 0.3) is 11.5 Å². The number of furan rings is 1. The molecule has 2 aliphatic rings. The van der Waals surface area contributed by atoms with Gasteiger partial charge in [0.2, 0.25) is 5.95 Å². The second-order valence-corrected chi connectivity index (χ2v) is 4.61. The van der Waals surface area contributed by atoms with Gasteiger partial charge in [0, 0.05) is 23.0 Å². The molecule has 2 aromatic rings. The minimum atomic E-state index is 0. The number of nitrogens with zero attached hydrogens (tertiary/aromatic N) is 2. The number of hydrogen-bond acceptors (Lipinski definition) is 4. The average Bonchev–Trinajstić information content (AvgIpc) is 3.31. The summed E-state index contributed by atoms with van der Waals surface area (Å²) in [6, 6.07) is 5.52. The van der Waals surface area contributed by atoms with E-state index in [1.54, 1.807) is 6.26 Å². The molecule has 2 aromatic heterocycles. The first-order valence-corrected chi connectivity index (χ1v) is 6.90. The van der Waals surface area contributed by atoms with Crippen LogP contribution in [0.1, 0.15) is 5.69 Å². The zero-order valence-corrected chi connectivity index (χ0v) is 13.3. The van der Waals surface area contributed by atoms with Crippen LogP contribution in [0.3, 0.4) is 0 Å². The van der Waals surface area contributed by atoms with Gasteiger partial charge in [-0.1, -0.05) is 0 Å². The van der Waals surface area contributed by atoms with Crippen molar-refractivity contribution < 1.29 is 21.5 Å². The SMILES string of the molecule is Nc1nc([C]2[CH][CH][CH][CH]2)cc(-c2ccco2)n1.[CH]1[CH][CH][CH][CH]1.[Fe]. The Morgan fingerprint density at radius 1 is 0.826 bits per heavy atom. The van der Waals surface area contributed by atoms with Crippen molar-refractivity contribution in [3.63, 3.8) is 0 Å². The second kappa shape index (κ2) is 9.09. The summed E-state index contributed by atoms with van der Waals surface area (Å²) in [5.41, 5.74) is 7.20. The molecule has 0 bridgehead atoms. The topological polar surface area (TPSA) is 64.9 Å². The molecule has 0 aliphatic heterocycles. The van der Waals surface area contributed by atoms with E-state index in [-0.39, 0.29) is 23.0 Å². The van der Waals surface area contributed by atoms with Crippen LogP contribution in [0, 0.1) is 63.7 Å². The molecular formula is C18H15FeN3O. The van der Waals surface area contributed by atoms with Crippen LogP contribution in [0.2, 0.25) is 0 Å². The third-order valence-electron chi connectivity index (χ3n) is 3.03. The molecule has 5 heteroatoms. The molecule has 0 aromatic carbocycles. The third kappa shape index (κ3) is 5.08. The number of anilines is 1. The van der Waals surface area contributed by atoms with Crippen LogP contribution in [0.15, 0.2) is 28.9 Å². The smallest absolute Gasteiger partial charge is 0.220 e. The summed E-state index contributed by atoms with van der Waals surface area (Å²) in [5.74, 6) is 1.95. The van der Waals surface area contributed by atoms with Crippen molar-refractivity contribution in [2.24, 2.45) is 0 Å². The summed E-state index contributed by atoms with van der Waals surface area (Å²) < 4.78 is 5.30. The van der Waals surface area contributed by atoms with Gasteiger partial charge in [0.15, 0.2) is 5.76 Å². The minimum absolute atomic E-state index is 0. The van der Waals surface area contributed by atoms with Gasteiger partial charge >= 0.3 is 0 Å². The monoisotopic (exact) mass is 345 g/mol. The van der Waals surface area contributed by atoms with Crippen molar-refractivity contribution in [1.29, 1.82) is 0 Å². The molecule has 23 heavy (non-hydrogen) atoms. The fraction of sp³-hybridized carbons (Fsp3) is 0. The Labute approximate surface area is 148 Å². The van der Waals surface area contributed by atoms with Gasteiger partial charge in [-0.05, 0) is 76.0 Å². The van der Waals surface area contributed by atoms with Gasteiger partial charge < -0.3 is 10.2 Å². The van der Waals surface area contributed by atoms with E-state index in [0.717, 1.165) is 11.6 Å². The van der Waals surface area contributed by atoms with Crippen LogP contribution in [0.4, 0.5) is 5.95 Å². The predicted molar refractivity (Wildman–Crippen MR) is 85.2 cm³/mol. The third-order valence-corrected chi connectivity index (χ3v) is 3.03. The fourth-order valence-corrected chi connectivity index (χ4v) is 2.03. The molecule has 2 N–H and O–H groups in total. The largest absolute Gasteiger partial charge is 0.463 e. The van der Waals surface area contributed by atoms with E-state index in [9.17, 15) is 0 Å². The second-order valence-electron chi connectivity index (χ2n) is 4.61. The molecule has 10 radical (unpaired) electrons. The summed E-state index contributed by atoms with van der Waals surface area (Å²) in [6.07, 6.45) is 19.5. The molecule has 0 amide bonds. The van der Waals surface area contributed by atoms with Gasteiger partial charge in [-0.25, -0.2) is 9.97 Å². The number of aromatic nitrogens is 2. The molecule has 0 unspecified atom stereocenters. The molecule has 0 spiro atoms. The maximum Gasteiger partial charge on any atom is 0.220 e. The normalized spacial score (nSPS) is 17.4. The van der Waals surface area contributed by atoms with E-state index in [0.29, 0.717) is 11.5 Å². The number of rotatable bonds is 2. The zero-order valence-electron chi connectivity index (χ0n) is 12.2. The van der Waals surface area contributed by atoms with E-state index < -0.39 is 0 Å². The predicted octanol–water partition coefficient (Wildman–Crippen LogP) is 3.09. The Bertz CT molecular complexity index is 568. The van der Waals surface area contributed by atoms with E-state index in [4.69, 9.17) is 10.2 Å². The fourth-order valence-electron chi connectivity index (χ4n) is 2.03. The standard InChI is InChI=1S/C13H10N3O.C5H5.Fe/c14-13-15-10(9-4-1-2-5-9)8-11(16-13)12-6-3-7-17-12;1-2-4-5-3-1;/h1-8H,(H2,14,15,16);1-5H;. The molecule has 4 nitrogen and oxygen atoms in total. The van der Waals surface area contributed by atoms with Crippen LogP contribution < -0.4 is 5.73 Å². The maximum absolute atomic E-state index is 5.71. The maximum atomic E-state index is 5.71. The molecule has 4 rings (SSSR count). The van der Waals surface area contributed by atoms with Crippen molar-refractivity contribution in [3.05, 3.63) is 93.9 Å². The summed E-state index contributed by atoms with van der Waals surface area (Å²) in [5, 5.41) is 0. The summed E-state index contributed by atoms with van der Waals surface area (Å²) in [7, 11) is 0. The van der Waals surface area contributed by atoms with Crippen molar-refractivity contribution in [2.75, 3.05) is 5.73 Å².